The first-order valence-electron chi connectivity index (χ1n) is 12.8. The quantitative estimate of drug-likeness (QED) is 0.210. The van der Waals surface area contributed by atoms with Crippen LogP contribution in [0.5, 0.6) is 0 Å². The number of thiophene rings is 1. The Morgan fingerprint density at radius 1 is 0.795 bits per heavy atom. The highest BCUT2D eigenvalue weighted by atomic mass is 32.1. The molecule has 0 atom stereocenters. The number of hydrogen-bond donors (Lipinski definition) is 3. The van der Waals surface area contributed by atoms with Crippen LogP contribution in [-0.4, -0.2) is 30.1 Å². The van der Waals surface area contributed by atoms with Crippen LogP contribution in [0.3, 0.4) is 0 Å². The Morgan fingerprint density at radius 3 is 2.54 bits per heavy atom. The molecule has 0 amide bonds. The molecule has 0 radical (unpaired) electrons. The number of aryl methyl sites for hydroxylation is 1. The second-order valence-electron chi connectivity index (χ2n) is 9.58. The lowest BCUT2D eigenvalue weighted by Crippen LogP contribution is -2.12. The second-order valence-corrected chi connectivity index (χ2v) is 10.9. The highest BCUT2D eigenvalue weighted by Gasteiger charge is 2.17. The summed E-state index contributed by atoms with van der Waals surface area (Å²) in [6.45, 7) is 3.67. The Bertz CT molecular complexity index is 1920. The Morgan fingerprint density at radius 2 is 1.67 bits per heavy atom. The fourth-order valence-electron chi connectivity index (χ4n) is 4.87. The molecule has 2 aromatic carbocycles. The van der Waals surface area contributed by atoms with Crippen LogP contribution in [-0.2, 0) is 13.1 Å². The molecule has 0 saturated carbocycles. The standard InChI is InChI=1S/C31H25N7S/c1-19-7-10-28(39-19)25-17-34-18-27-29(25)36-31(35-27)30-24-12-22(8-9-26(24)37-38-30)23-11-21(15-33-16-23)14-32-13-20-5-3-2-4-6-20/h2-12,15-18,32H,13-14H2,1H3,(H,35,36)(H,37,38). The van der Waals surface area contributed by atoms with E-state index < -0.39 is 0 Å². The van der Waals surface area contributed by atoms with Gasteiger partial charge in [0.15, 0.2) is 5.82 Å². The van der Waals surface area contributed by atoms with Gasteiger partial charge in [-0.25, -0.2) is 4.98 Å². The van der Waals surface area contributed by atoms with E-state index in [1.54, 1.807) is 11.3 Å². The minimum Gasteiger partial charge on any atom is -0.335 e. The van der Waals surface area contributed by atoms with Crippen LogP contribution in [0, 0.1) is 6.92 Å². The molecular formula is C31H25N7S. The topological polar surface area (TPSA) is 95.2 Å². The van der Waals surface area contributed by atoms with Crippen LogP contribution in [0.1, 0.15) is 16.0 Å². The van der Waals surface area contributed by atoms with Crippen molar-refractivity contribution in [1.29, 1.82) is 0 Å². The average molecular weight is 528 g/mol. The number of aromatic amines is 2. The molecule has 0 bridgehead atoms. The van der Waals surface area contributed by atoms with Gasteiger partial charge in [-0.05, 0) is 53.9 Å². The smallest absolute Gasteiger partial charge is 0.159 e. The van der Waals surface area contributed by atoms with Gasteiger partial charge in [0.25, 0.3) is 0 Å². The molecule has 3 N–H and O–H groups in total. The van der Waals surface area contributed by atoms with E-state index in [1.165, 1.54) is 10.4 Å². The first kappa shape index (κ1) is 23.5. The van der Waals surface area contributed by atoms with Gasteiger partial charge in [-0.1, -0.05) is 36.4 Å². The molecule has 5 aromatic heterocycles. The van der Waals surface area contributed by atoms with Gasteiger partial charge in [-0.3, -0.25) is 15.1 Å². The summed E-state index contributed by atoms with van der Waals surface area (Å²) in [7, 11) is 0. The second kappa shape index (κ2) is 9.90. The zero-order chi connectivity index (χ0) is 26.2. The van der Waals surface area contributed by atoms with Crippen LogP contribution >= 0.6 is 11.3 Å². The minimum absolute atomic E-state index is 0.716. The maximum Gasteiger partial charge on any atom is 0.159 e. The van der Waals surface area contributed by atoms with Gasteiger partial charge < -0.3 is 10.3 Å². The summed E-state index contributed by atoms with van der Waals surface area (Å²) >= 11 is 1.74. The molecular weight excluding hydrogens is 502 g/mol. The van der Waals surface area contributed by atoms with Crippen LogP contribution in [0.25, 0.3) is 55.0 Å². The Kier molecular flexibility index (Phi) is 5.96. The average Bonchev–Trinajstić information content (AvgIpc) is 3.71. The molecule has 0 unspecified atom stereocenters. The molecule has 7 aromatic rings. The lowest BCUT2D eigenvalue weighted by Gasteiger charge is -2.07. The molecule has 0 aliphatic carbocycles. The molecule has 39 heavy (non-hydrogen) atoms. The highest BCUT2D eigenvalue weighted by molar-refractivity contribution is 7.15. The summed E-state index contributed by atoms with van der Waals surface area (Å²) in [5, 5.41) is 12.3. The van der Waals surface area contributed by atoms with Gasteiger partial charge in [0, 0.05) is 57.9 Å². The van der Waals surface area contributed by atoms with Crippen molar-refractivity contribution >= 4 is 33.3 Å². The van der Waals surface area contributed by atoms with E-state index in [9.17, 15) is 0 Å². The molecule has 0 fully saturated rings. The number of pyridine rings is 2. The van der Waals surface area contributed by atoms with Crippen molar-refractivity contribution < 1.29 is 0 Å². The van der Waals surface area contributed by atoms with Crippen molar-refractivity contribution in [2.75, 3.05) is 0 Å². The van der Waals surface area contributed by atoms with Crippen LogP contribution in [0.2, 0.25) is 0 Å². The summed E-state index contributed by atoms with van der Waals surface area (Å²) in [5.74, 6) is 0.716. The number of benzene rings is 2. The fraction of sp³-hybridized carbons (Fsp3) is 0.0968. The molecule has 7 rings (SSSR count). The highest BCUT2D eigenvalue weighted by Crippen LogP contribution is 2.35. The number of aromatic nitrogens is 6. The van der Waals surface area contributed by atoms with Gasteiger partial charge in [0.2, 0.25) is 0 Å². The Hall–Kier alpha value is -4.66. The molecule has 190 valence electrons. The van der Waals surface area contributed by atoms with Crippen LogP contribution in [0.4, 0.5) is 0 Å². The summed E-state index contributed by atoms with van der Waals surface area (Å²) in [6.07, 6.45) is 7.52. The summed E-state index contributed by atoms with van der Waals surface area (Å²) in [4.78, 5) is 19.8. The number of fused-ring (bicyclic) bond motifs is 2. The normalized spacial score (nSPS) is 11.5. The number of imidazole rings is 1. The van der Waals surface area contributed by atoms with Crippen molar-refractivity contribution in [2.24, 2.45) is 0 Å². The van der Waals surface area contributed by atoms with Crippen LogP contribution in [0.15, 0.2) is 91.5 Å². The third-order valence-corrected chi connectivity index (χ3v) is 7.85. The van der Waals surface area contributed by atoms with Crippen molar-refractivity contribution in [3.63, 3.8) is 0 Å². The van der Waals surface area contributed by atoms with E-state index in [2.05, 4.69) is 98.1 Å². The lowest BCUT2D eigenvalue weighted by atomic mass is 10.0. The molecule has 7 nitrogen and oxygen atoms in total. The Labute approximate surface area is 229 Å². The van der Waals surface area contributed by atoms with Gasteiger partial charge >= 0.3 is 0 Å². The molecule has 8 heteroatoms. The van der Waals surface area contributed by atoms with Crippen molar-refractivity contribution in [2.45, 2.75) is 20.0 Å². The van der Waals surface area contributed by atoms with E-state index in [-0.39, 0.29) is 0 Å². The minimum atomic E-state index is 0.716. The molecule has 0 aliphatic heterocycles. The van der Waals surface area contributed by atoms with E-state index in [4.69, 9.17) is 4.98 Å². The number of rotatable bonds is 7. The van der Waals surface area contributed by atoms with Crippen molar-refractivity contribution in [1.82, 2.24) is 35.5 Å². The van der Waals surface area contributed by atoms with E-state index in [0.717, 1.165) is 67.9 Å². The van der Waals surface area contributed by atoms with Crippen molar-refractivity contribution in [3.8, 4) is 33.1 Å². The Balaban J connectivity index is 1.20. The van der Waals surface area contributed by atoms with Gasteiger partial charge in [-0.2, -0.15) is 5.10 Å². The van der Waals surface area contributed by atoms with Gasteiger partial charge in [-0.15, -0.1) is 11.3 Å². The molecule has 0 spiro atoms. The lowest BCUT2D eigenvalue weighted by molar-refractivity contribution is 0.691. The zero-order valence-electron chi connectivity index (χ0n) is 21.3. The first-order valence-corrected chi connectivity index (χ1v) is 13.6. The van der Waals surface area contributed by atoms with Gasteiger partial charge in [0.1, 0.15) is 11.2 Å². The molecule has 5 heterocycles. The monoisotopic (exact) mass is 527 g/mol. The van der Waals surface area contributed by atoms with Gasteiger partial charge in [0.05, 0.1) is 17.2 Å². The number of hydrogen-bond acceptors (Lipinski definition) is 6. The summed E-state index contributed by atoms with van der Waals surface area (Å²) in [5.41, 5.74) is 9.09. The van der Waals surface area contributed by atoms with E-state index in [1.807, 2.05) is 30.9 Å². The summed E-state index contributed by atoms with van der Waals surface area (Å²) < 4.78 is 0. The van der Waals surface area contributed by atoms with Crippen molar-refractivity contribution in [3.05, 3.63) is 108 Å². The number of nitrogens with one attached hydrogen (secondary N) is 3. The first-order chi connectivity index (χ1) is 19.2. The third kappa shape index (κ3) is 4.60. The molecule has 0 saturated heterocycles. The summed E-state index contributed by atoms with van der Waals surface area (Å²) in [6, 6.07) is 23.2. The maximum absolute atomic E-state index is 4.97. The predicted octanol–water partition coefficient (Wildman–Crippen LogP) is 6.89. The number of H-pyrrole nitrogens is 2. The van der Waals surface area contributed by atoms with Crippen LogP contribution < -0.4 is 5.32 Å². The molecule has 0 aliphatic rings. The third-order valence-electron chi connectivity index (χ3n) is 6.82. The predicted molar refractivity (Wildman–Crippen MR) is 157 cm³/mol. The van der Waals surface area contributed by atoms with E-state index >= 15 is 0 Å². The number of nitrogens with zero attached hydrogens (tertiary/aromatic N) is 4. The maximum atomic E-state index is 4.97. The fourth-order valence-corrected chi connectivity index (χ4v) is 5.75. The SMILES string of the molecule is Cc1ccc(-c2cncc3[nH]c(-c4n[nH]c5ccc(-c6cncc(CNCc7ccccc7)c6)cc45)nc23)s1. The zero-order valence-corrected chi connectivity index (χ0v) is 22.1. The van der Waals surface area contributed by atoms with E-state index in [0.29, 0.717) is 5.82 Å². The largest absolute Gasteiger partial charge is 0.335 e.